The van der Waals surface area contributed by atoms with Crippen molar-refractivity contribution in [1.82, 2.24) is 4.98 Å². The topological polar surface area (TPSA) is 65.6 Å². The molecule has 1 fully saturated rings. The molecule has 106 valence electrons. The molecule has 0 aliphatic carbocycles. The van der Waals surface area contributed by atoms with E-state index in [0.29, 0.717) is 18.5 Å². The summed E-state index contributed by atoms with van der Waals surface area (Å²) in [7, 11) is 0. The van der Waals surface area contributed by atoms with Crippen LogP contribution in [0.15, 0.2) is 35.1 Å². The van der Waals surface area contributed by atoms with E-state index in [1.165, 1.54) is 0 Å². The maximum Gasteiger partial charge on any atom is 0.257 e. The van der Waals surface area contributed by atoms with Crippen LogP contribution in [0, 0.1) is 0 Å². The van der Waals surface area contributed by atoms with E-state index in [1.807, 2.05) is 37.3 Å². The van der Waals surface area contributed by atoms with Crippen molar-refractivity contribution in [1.29, 1.82) is 0 Å². The number of ether oxygens (including phenoxy) is 1. The van der Waals surface area contributed by atoms with Crippen molar-refractivity contribution in [3.05, 3.63) is 40.7 Å². The van der Waals surface area contributed by atoms with Gasteiger partial charge in [-0.15, -0.1) is 0 Å². The third-order valence-electron chi connectivity index (χ3n) is 3.61. The number of H-pyrrole nitrogens is 1. The lowest BCUT2D eigenvalue weighted by atomic mass is 10.1. The average Bonchev–Trinajstić information content (AvgIpc) is 2.46. The number of nitrogens with one attached hydrogen (secondary N) is 1. The average molecular weight is 274 g/mol. The van der Waals surface area contributed by atoms with Crippen LogP contribution in [-0.4, -0.2) is 42.0 Å². The number of hydrogen-bond donors (Lipinski definition) is 2. The molecule has 0 spiro atoms. The van der Waals surface area contributed by atoms with Gasteiger partial charge in [0.1, 0.15) is 5.82 Å². The van der Waals surface area contributed by atoms with E-state index in [-0.39, 0.29) is 24.4 Å². The molecule has 1 aliphatic heterocycles. The van der Waals surface area contributed by atoms with Gasteiger partial charge >= 0.3 is 0 Å². The molecule has 0 saturated carbocycles. The van der Waals surface area contributed by atoms with Crippen LogP contribution in [-0.2, 0) is 4.74 Å². The molecule has 0 bridgehead atoms. The summed E-state index contributed by atoms with van der Waals surface area (Å²) >= 11 is 0. The quantitative estimate of drug-likeness (QED) is 0.861. The third-order valence-corrected chi connectivity index (χ3v) is 3.61. The maximum atomic E-state index is 12.1. The number of pyridine rings is 1. The molecule has 3 rings (SSSR count). The highest BCUT2D eigenvalue weighted by Gasteiger charge is 2.25. The van der Waals surface area contributed by atoms with Crippen LogP contribution in [0.1, 0.15) is 6.92 Å². The van der Waals surface area contributed by atoms with Gasteiger partial charge in [0.25, 0.3) is 5.56 Å². The predicted molar refractivity (Wildman–Crippen MR) is 78.2 cm³/mol. The van der Waals surface area contributed by atoms with Crippen molar-refractivity contribution in [2.75, 3.05) is 24.6 Å². The highest BCUT2D eigenvalue weighted by molar-refractivity contribution is 5.83. The summed E-state index contributed by atoms with van der Waals surface area (Å²) in [4.78, 5) is 17.1. The highest BCUT2D eigenvalue weighted by atomic mass is 16.5. The number of aliphatic hydroxyl groups excluding tert-OH is 1. The Morgan fingerprint density at radius 2 is 2.20 bits per heavy atom. The SMILES string of the molecule is CC1CN(c2cc3ccccc3c(=O)[nH]2)CC(CO)O1. The molecular weight excluding hydrogens is 256 g/mol. The number of rotatable bonds is 2. The number of fused-ring (bicyclic) bond motifs is 1. The van der Waals surface area contributed by atoms with Gasteiger partial charge in [-0.2, -0.15) is 0 Å². The number of nitrogens with zero attached hydrogens (tertiary/aromatic N) is 1. The number of morpholine rings is 1. The van der Waals surface area contributed by atoms with Crippen molar-refractivity contribution in [2.24, 2.45) is 0 Å². The molecule has 5 nitrogen and oxygen atoms in total. The first-order valence-corrected chi connectivity index (χ1v) is 6.80. The maximum absolute atomic E-state index is 12.1. The summed E-state index contributed by atoms with van der Waals surface area (Å²) in [5.41, 5.74) is -0.0854. The van der Waals surface area contributed by atoms with E-state index in [1.54, 1.807) is 0 Å². The number of anilines is 1. The minimum absolute atomic E-state index is 0.0152. The fraction of sp³-hybridized carbons (Fsp3) is 0.400. The second kappa shape index (κ2) is 5.26. The van der Waals surface area contributed by atoms with Gasteiger partial charge in [0.2, 0.25) is 0 Å². The zero-order valence-electron chi connectivity index (χ0n) is 11.4. The molecule has 1 aromatic heterocycles. The minimum atomic E-state index is -0.214. The zero-order chi connectivity index (χ0) is 14.1. The van der Waals surface area contributed by atoms with E-state index in [4.69, 9.17) is 4.74 Å². The first kappa shape index (κ1) is 13.1. The second-order valence-corrected chi connectivity index (χ2v) is 5.23. The van der Waals surface area contributed by atoms with Crippen LogP contribution in [0.3, 0.4) is 0 Å². The fourth-order valence-electron chi connectivity index (χ4n) is 2.71. The molecule has 5 heteroatoms. The predicted octanol–water partition coefficient (Wildman–Crippen LogP) is 1.11. The normalized spacial score (nSPS) is 23.2. The second-order valence-electron chi connectivity index (χ2n) is 5.23. The van der Waals surface area contributed by atoms with Crippen LogP contribution in [0.2, 0.25) is 0 Å². The van der Waals surface area contributed by atoms with Crippen molar-refractivity contribution < 1.29 is 9.84 Å². The van der Waals surface area contributed by atoms with E-state index < -0.39 is 0 Å². The number of aromatic amines is 1. The van der Waals surface area contributed by atoms with Crippen molar-refractivity contribution in [3.63, 3.8) is 0 Å². The number of benzene rings is 1. The van der Waals surface area contributed by atoms with E-state index in [2.05, 4.69) is 9.88 Å². The van der Waals surface area contributed by atoms with Gasteiger partial charge in [0.15, 0.2) is 0 Å². The van der Waals surface area contributed by atoms with Gasteiger partial charge < -0.3 is 19.7 Å². The molecule has 2 unspecified atom stereocenters. The molecule has 2 aromatic rings. The van der Waals surface area contributed by atoms with Crippen LogP contribution >= 0.6 is 0 Å². The van der Waals surface area contributed by atoms with Crippen LogP contribution < -0.4 is 10.5 Å². The standard InChI is InChI=1S/C15H18N2O3/c1-10-7-17(8-12(9-18)20-10)14-6-11-4-2-3-5-13(11)15(19)16-14/h2-6,10,12,18H,7-9H2,1H3,(H,16,19). The third kappa shape index (κ3) is 2.42. The Balaban J connectivity index is 1.99. The summed E-state index contributed by atoms with van der Waals surface area (Å²) in [6.45, 7) is 3.23. The van der Waals surface area contributed by atoms with Gasteiger partial charge in [-0.3, -0.25) is 4.79 Å². The minimum Gasteiger partial charge on any atom is -0.394 e. The fourth-order valence-corrected chi connectivity index (χ4v) is 2.71. The van der Waals surface area contributed by atoms with E-state index in [0.717, 1.165) is 11.2 Å². The molecule has 2 N–H and O–H groups in total. The van der Waals surface area contributed by atoms with Crippen LogP contribution in [0.4, 0.5) is 5.82 Å². The summed E-state index contributed by atoms with van der Waals surface area (Å²) in [5, 5.41) is 10.9. The van der Waals surface area contributed by atoms with Gasteiger partial charge in [-0.1, -0.05) is 18.2 Å². The number of aromatic nitrogens is 1. The summed E-state index contributed by atoms with van der Waals surface area (Å²) in [5.74, 6) is 0.780. The number of aliphatic hydroxyl groups is 1. The lowest BCUT2D eigenvalue weighted by Gasteiger charge is -2.37. The summed E-state index contributed by atoms with van der Waals surface area (Å²) < 4.78 is 5.62. The van der Waals surface area contributed by atoms with Crippen LogP contribution in [0.25, 0.3) is 10.8 Å². The van der Waals surface area contributed by atoms with Gasteiger partial charge in [-0.05, 0) is 24.4 Å². The molecular formula is C15H18N2O3. The van der Waals surface area contributed by atoms with Crippen molar-refractivity contribution in [3.8, 4) is 0 Å². The Bertz CT molecular complexity index is 667. The molecule has 1 saturated heterocycles. The zero-order valence-corrected chi connectivity index (χ0v) is 11.4. The van der Waals surface area contributed by atoms with Gasteiger partial charge in [0.05, 0.1) is 18.8 Å². The Kier molecular flexibility index (Phi) is 3.46. The molecule has 1 aliphatic rings. The Morgan fingerprint density at radius 1 is 1.40 bits per heavy atom. The van der Waals surface area contributed by atoms with E-state index >= 15 is 0 Å². The summed E-state index contributed by atoms with van der Waals surface area (Å²) in [6, 6.07) is 9.50. The Morgan fingerprint density at radius 3 is 3.00 bits per heavy atom. The number of hydrogen-bond acceptors (Lipinski definition) is 4. The highest BCUT2D eigenvalue weighted by Crippen LogP contribution is 2.20. The largest absolute Gasteiger partial charge is 0.394 e. The van der Waals surface area contributed by atoms with Gasteiger partial charge in [0, 0.05) is 18.5 Å². The smallest absolute Gasteiger partial charge is 0.257 e. The molecule has 1 aromatic carbocycles. The Labute approximate surface area is 116 Å². The lowest BCUT2D eigenvalue weighted by Crippen LogP contribution is -2.48. The van der Waals surface area contributed by atoms with E-state index in [9.17, 15) is 9.90 Å². The van der Waals surface area contributed by atoms with Crippen molar-refractivity contribution >= 4 is 16.6 Å². The molecule has 20 heavy (non-hydrogen) atoms. The molecule has 2 heterocycles. The van der Waals surface area contributed by atoms with Crippen molar-refractivity contribution in [2.45, 2.75) is 19.1 Å². The molecule has 2 atom stereocenters. The first-order chi connectivity index (χ1) is 9.67. The first-order valence-electron chi connectivity index (χ1n) is 6.80. The van der Waals surface area contributed by atoms with Gasteiger partial charge in [-0.25, -0.2) is 0 Å². The Hall–Kier alpha value is -1.85. The monoisotopic (exact) mass is 274 g/mol. The molecule has 0 radical (unpaired) electrons. The summed E-state index contributed by atoms with van der Waals surface area (Å²) in [6.07, 6.45) is -0.190. The molecule has 0 amide bonds. The lowest BCUT2D eigenvalue weighted by molar-refractivity contribution is -0.0423. The van der Waals surface area contributed by atoms with Crippen LogP contribution in [0.5, 0.6) is 0 Å².